The number of aliphatic hydroxyl groups excluding tert-OH is 3. The van der Waals surface area contributed by atoms with Crippen molar-refractivity contribution in [3.8, 4) is 0 Å². The molecule has 0 aliphatic carbocycles. The molecule has 0 radical (unpaired) electrons. The van der Waals surface area contributed by atoms with E-state index in [1.54, 1.807) is 0 Å². The number of carboxylic acid groups (broad SMARTS) is 1. The average molecular weight is 260 g/mol. The molecule has 11 nitrogen and oxygen atoms in total. The molecule has 11 heteroatoms. The van der Waals surface area contributed by atoms with Crippen molar-refractivity contribution in [1.29, 1.82) is 0 Å². The fraction of sp³-hybridized carbons (Fsp3) is 0.833. The lowest BCUT2D eigenvalue weighted by Crippen LogP contribution is -2.70. The second-order valence-corrected chi connectivity index (χ2v) is 3.02. The van der Waals surface area contributed by atoms with Crippen LogP contribution in [-0.4, -0.2) is 77.5 Å². The lowest BCUT2D eigenvalue weighted by molar-refractivity contribution is -0.529. The summed E-state index contributed by atoms with van der Waals surface area (Å²) in [4.78, 5) is 16.7. The molecule has 17 heavy (non-hydrogen) atoms. The largest absolute Gasteiger partial charge is 0.477 e. The van der Waals surface area contributed by atoms with Gasteiger partial charge in [0.25, 0.3) is 5.79 Å². The third-order valence-electron chi connectivity index (χ3n) is 2.00. The van der Waals surface area contributed by atoms with Crippen LogP contribution in [0.4, 0.5) is 0 Å². The van der Waals surface area contributed by atoms with Gasteiger partial charge in [0, 0.05) is 0 Å². The highest BCUT2D eigenvalue weighted by Crippen LogP contribution is 2.29. The van der Waals surface area contributed by atoms with Crippen molar-refractivity contribution in [1.82, 2.24) is 0 Å². The lowest BCUT2D eigenvalue weighted by Gasteiger charge is -2.38. The Morgan fingerprint density at radius 2 is 1.65 bits per heavy atom. The Bertz CT molecular complexity index is 269. The second-order valence-electron chi connectivity index (χ2n) is 3.02. The maximum Gasteiger partial charge on any atom is 0.373 e. The number of aliphatic carboxylic acids is 1. The zero-order chi connectivity index (χ0) is 13.9. The first-order valence-electron chi connectivity index (χ1n) is 4.01. The number of carboxylic acids is 1. The van der Waals surface area contributed by atoms with E-state index in [9.17, 15) is 20.1 Å². The summed E-state index contributed by atoms with van der Waals surface area (Å²) < 4.78 is 0. The molecule has 4 unspecified atom stereocenters. The topological polar surface area (TPSA) is 197 Å². The van der Waals surface area contributed by atoms with Crippen LogP contribution >= 0.6 is 0 Å². The molecule has 0 aromatic carbocycles. The quantitative estimate of drug-likeness (QED) is 0.126. The second kappa shape index (κ2) is 5.63. The van der Waals surface area contributed by atoms with Crippen molar-refractivity contribution in [2.45, 2.75) is 23.8 Å². The summed E-state index contributed by atoms with van der Waals surface area (Å²) in [5, 5.41) is 70.1. The standard InChI is InChI=1S/C6H12O11/c7-1-2(8)3(9)5(12,16-14)6(13,17-15)4(10)11/h2-3,7-9,12-15H,1H2,(H,10,11). The molecule has 0 amide bonds. The summed E-state index contributed by atoms with van der Waals surface area (Å²) in [5.74, 6) is -10.3. The molecule has 0 heterocycles. The molecule has 8 N–H and O–H groups in total. The van der Waals surface area contributed by atoms with Crippen LogP contribution in [0.2, 0.25) is 0 Å². The van der Waals surface area contributed by atoms with E-state index in [-0.39, 0.29) is 0 Å². The molecule has 0 spiro atoms. The predicted molar refractivity (Wildman–Crippen MR) is 44.1 cm³/mol. The Kier molecular flexibility index (Phi) is 5.34. The van der Waals surface area contributed by atoms with Crippen molar-refractivity contribution < 1.29 is 55.7 Å². The third-order valence-corrected chi connectivity index (χ3v) is 2.00. The van der Waals surface area contributed by atoms with E-state index < -0.39 is 36.4 Å². The van der Waals surface area contributed by atoms with Gasteiger partial charge >= 0.3 is 11.8 Å². The molecular weight excluding hydrogens is 248 g/mol. The molecule has 0 saturated heterocycles. The van der Waals surface area contributed by atoms with Gasteiger partial charge in [0.1, 0.15) is 12.2 Å². The predicted octanol–water partition coefficient (Wildman–Crippen LogP) is -3.86. The number of aliphatic hydroxyl groups is 5. The van der Waals surface area contributed by atoms with Crippen molar-refractivity contribution in [2.24, 2.45) is 0 Å². The highest BCUT2D eigenvalue weighted by atomic mass is 17.2. The van der Waals surface area contributed by atoms with Crippen molar-refractivity contribution in [2.75, 3.05) is 6.61 Å². The van der Waals surface area contributed by atoms with Crippen LogP contribution in [0.25, 0.3) is 0 Å². The van der Waals surface area contributed by atoms with Gasteiger partial charge in [0.15, 0.2) is 0 Å². The average Bonchev–Trinajstić information content (AvgIpc) is 2.34. The molecule has 4 atom stereocenters. The summed E-state index contributed by atoms with van der Waals surface area (Å²) in [5.41, 5.74) is 0. The summed E-state index contributed by atoms with van der Waals surface area (Å²) in [7, 11) is 0. The van der Waals surface area contributed by atoms with E-state index in [1.807, 2.05) is 0 Å². The number of hydrogen-bond acceptors (Lipinski definition) is 10. The zero-order valence-corrected chi connectivity index (χ0v) is 8.16. The van der Waals surface area contributed by atoms with E-state index in [0.29, 0.717) is 0 Å². The van der Waals surface area contributed by atoms with E-state index >= 15 is 0 Å². The van der Waals surface area contributed by atoms with Gasteiger partial charge in [-0.25, -0.2) is 15.3 Å². The SMILES string of the molecule is O=C(O)C(O)(OO)C(O)(OO)C(O)C(O)CO. The molecule has 0 rings (SSSR count). The summed E-state index contributed by atoms with van der Waals surface area (Å²) in [6, 6.07) is 0. The first-order valence-corrected chi connectivity index (χ1v) is 4.01. The van der Waals surface area contributed by atoms with Crippen molar-refractivity contribution in [3.05, 3.63) is 0 Å². The van der Waals surface area contributed by atoms with Crippen LogP contribution in [0.3, 0.4) is 0 Å². The van der Waals surface area contributed by atoms with Crippen LogP contribution in [0.5, 0.6) is 0 Å². The Balaban J connectivity index is 5.46. The maximum absolute atomic E-state index is 10.5. The molecule has 0 aliphatic heterocycles. The highest BCUT2D eigenvalue weighted by molar-refractivity contribution is 5.76. The molecule has 0 aliphatic rings. The van der Waals surface area contributed by atoms with Gasteiger partial charge in [0.05, 0.1) is 6.61 Å². The van der Waals surface area contributed by atoms with E-state index in [4.69, 9.17) is 25.8 Å². The highest BCUT2D eigenvalue weighted by Gasteiger charge is 2.66. The van der Waals surface area contributed by atoms with Gasteiger partial charge in [-0.05, 0) is 0 Å². The lowest BCUT2D eigenvalue weighted by atomic mass is 9.96. The summed E-state index contributed by atoms with van der Waals surface area (Å²) >= 11 is 0. The van der Waals surface area contributed by atoms with Crippen LogP contribution in [-0.2, 0) is 14.6 Å². The molecular formula is C6H12O11. The normalized spacial score (nSPS) is 22.3. The Morgan fingerprint density at radius 3 is 1.88 bits per heavy atom. The molecule has 0 aromatic rings. The first-order chi connectivity index (χ1) is 7.71. The molecule has 102 valence electrons. The van der Waals surface area contributed by atoms with Crippen LogP contribution in [0, 0.1) is 0 Å². The fourth-order valence-electron chi connectivity index (χ4n) is 0.935. The van der Waals surface area contributed by atoms with Gasteiger partial charge in [-0.15, -0.1) is 0 Å². The van der Waals surface area contributed by atoms with Crippen LogP contribution in [0.1, 0.15) is 0 Å². The molecule has 0 saturated carbocycles. The number of hydrogen-bond donors (Lipinski definition) is 8. The van der Waals surface area contributed by atoms with Gasteiger partial charge in [0.2, 0.25) is 0 Å². The zero-order valence-electron chi connectivity index (χ0n) is 8.16. The van der Waals surface area contributed by atoms with Gasteiger partial charge in [-0.3, -0.25) is 0 Å². The minimum Gasteiger partial charge on any atom is -0.477 e. The van der Waals surface area contributed by atoms with Crippen molar-refractivity contribution >= 4 is 5.97 Å². The Hall–Kier alpha value is -0.890. The molecule has 0 aromatic heterocycles. The first kappa shape index (κ1) is 16.1. The van der Waals surface area contributed by atoms with Gasteiger partial charge in [-0.2, -0.15) is 9.78 Å². The smallest absolute Gasteiger partial charge is 0.373 e. The Labute approximate surface area is 93.2 Å². The summed E-state index contributed by atoms with van der Waals surface area (Å²) in [6.07, 6.45) is -4.95. The van der Waals surface area contributed by atoms with Crippen LogP contribution in [0.15, 0.2) is 0 Å². The number of carbonyl (C=O) groups is 1. The maximum atomic E-state index is 10.5. The third kappa shape index (κ3) is 2.52. The fourth-order valence-corrected chi connectivity index (χ4v) is 0.935. The van der Waals surface area contributed by atoms with Crippen LogP contribution < -0.4 is 0 Å². The van der Waals surface area contributed by atoms with E-state index in [1.165, 1.54) is 0 Å². The van der Waals surface area contributed by atoms with Crippen molar-refractivity contribution in [3.63, 3.8) is 0 Å². The molecule has 0 fully saturated rings. The minimum atomic E-state index is -4.02. The van der Waals surface area contributed by atoms with Gasteiger partial charge < -0.3 is 30.6 Å². The van der Waals surface area contributed by atoms with E-state index in [0.717, 1.165) is 0 Å². The van der Waals surface area contributed by atoms with Gasteiger partial charge in [-0.1, -0.05) is 0 Å². The molecule has 0 bridgehead atoms. The minimum absolute atomic E-state index is 1.19. The Morgan fingerprint density at radius 1 is 1.18 bits per heavy atom. The monoisotopic (exact) mass is 260 g/mol. The van der Waals surface area contributed by atoms with E-state index in [2.05, 4.69) is 9.78 Å². The number of rotatable bonds is 7. The summed E-state index contributed by atoms with van der Waals surface area (Å²) in [6.45, 7) is -1.19.